The Hall–Kier alpha value is -1.35. The number of fused-ring (bicyclic) bond motifs is 1. The van der Waals surface area contributed by atoms with Crippen molar-refractivity contribution in [1.29, 1.82) is 0 Å². The van der Waals surface area contributed by atoms with Gasteiger partial charge in [0.25, 0.3) is 0 Å². The SMILES string of the molecule is CCOC(=O)C(CC)NCC1Cc2ccccc21. The Morgan fingerprint density at radius 1 is 1.44 bits per heavy atom. The maximum atomic E-state index is 11.7. The minimum absolute atomic E-state index is 0.132. The van der Waals surface area contributed by atoms with Gasteiger partial charge in [-0.15, -0.1) is 0 Å². The largest absolute Gasteiger partial charge is 0.465 e. The molecule has 98 valence electrons. The van der Waals surface area contributed by atoms with Crippen LogP contribution in [0.5, 0.6) is 0 Å². The zero-order valence-corrected chi connectivity index (χ0v) is 11.1. The first-order chi connectivity index (χ1) is 8.76. The van der Waals surface area contributed by atoms with Crippen molar-refractivity contribution in [2.45, 2.75) is 38.6 Å². The lowest BCUT2D eigenvalue weighted by molar-refractivity contribution is -0.145. The zero-order chi connectivity index (χ0) is 13.0. The molecular formula is C15H21NO2. The van der Waals surface area contributed by atoms with Crippen LogP contribution in [0.15, 0.2) is 24.3 Å². The van der Waals surface area contributed by atoms with Gasteiger partial charge < -0.3 is 10.1 Å². The number of carbonyl (C=O) groups excluding carboxylic acids is 1. The van der Waals surface area contributed by atoms with Crippen molar-refractivity contribution in [3.63, 3.8) is 0 Å². The van der Waals surface area contributed by atoms with Gasteiger partial charge in [-0.2, -0.15) is 0 Å². The molecule has 0 spiro atoms. The lowest BCUT2D eigenvalue weighted by Crippen LogP contribution is -2.41. The van der Waals surface area contributed by atoms with Crippen LogP contribution >= 0.6 is 0 Å². The van der Waals surface area contributed by atoms with Crippen LogP contribution in [0.4, 0.5) is 0 Å². The first kappa shape index (κ1) is 13.1. The third-order valence-electron chi connectivity index (χ3n) is 3.55. The summed E-state index contributed by atoms with van der Waals surface area (Å²) >= 11 is 0. The highest BCUT2D eigenvalue weighted by molar-refractivity contribution is 5.75. The quantitative estimate of drug-likeness (QED) is 0.784. The summed E-state index contributed by atoms with van der Waals surface area (Å²) in [6.07, 6.45) is 1.88. The number of rotatable bonds is 6. The van der Waals surface area contributed by atoms with Crippen LogP contribution in [0.2, 0.25) is 0 Å². The van der Waals surface area contributed by atoms with Crippen molar-refractivity contribution < 1.29 is 9.53 Å². The van der Waals surface area contributed by atoms with Crippen LogP contribution in [0.25, 0.3) is 0 Å². The number of hydrogen-bond acceptors (Lipinski definition) is 3. The van der Waals surface area contributed by atoms with Gasteiger partial charge in [-0.05, 0) is 30.9 Å². The molecule has 0 aliphatic heterocycles. The molecule has 1 N–H and O–H groups in total. The summed E-state index contributed by atoms with van der Waals surface area (Å²) in [5.41, 5.74) is 2.86. The molecule has 0 fully saturated rings. The normalized spacial score (nSPS) is 18.7. The van der Waals surface area contributed by atoms with Gasteiger partial charge in [-0.1, -0.05) is 31.2 Å². The number of ether oxygens (including phenoxy) is 1. The van der Waals surface area contributed by atoms with Gasteiger partial charge in [-0.3, -0.25) is 4.79 Å². The van der Waals surface area contributed by atoms with E-state index < -0.39 is 0 Å². The molecule has 1 aliphatic carbocycles. The van der Waals surface area contributed by atoms with E-state index in [1.54, 1.807) is 0 Å². The van der Waals surface area contributed by atoms with E-state index in [4.69, 9.17) is 4.74 Å². The Bertz CT molecular complexity index is 417. The minimum Gasteiger partial charge on any atom is -0.465 e. The molecule has 3 heteroatoms. The van der Waals surface area contributed by atoms with Crippen LogP contribution in [0.1, 0.15) is 37.3 Å². The molecule has 18 heavy (non-hydrogen) atoms. The predicted octanol–water partition coefficient (Wildman–Crippen LogP) is 2.26. The van der Waals surface area contributed by atoms with Gasteiger partial charge in [0.1, 0.15) is 6.04 Å². The summed E-state index contributed by atoms with van der Waals surface area (Å²) in [5.74, 6) is 0.414. The molecule has 0 saturated heterocycles. The molecule has 1 aliphatic rings. The highest BCUT2D eigenvalue weighted by Crippen LogP contribution is 2.34. The smallest absolute Gasteiger partial charge is 0.323 e. The third-order valence-corrected chi connectivity index (χ3v) is 3.55. The fourth-order valence-corrected chi connectivity index (χ4v) is 2.47. The van der Waals surface area contributed by atoms with E-state index in [0.29, 0.717) is 12.5 Å². The summed E-state index contributed by atoms with van der Waals surface area (Å²) in [7, 11) is 0. The highest BCUT2D eigenvalue weighted by atomic mass is 16.5. The van der Waals surface area contributed by atoms with Gasteiger partial charge >= 0.3 is 5.97 Å². The molecular weight excluding hydrogens is 226 g/mol. The van der Waals surface area contributed by atoms with Crippen molar-refractivity contribution in [3.05, 3.63) is 35.4 Å². The Morgan fingerprint density at radius 3 is 2.89 bits per heavy atom. The molecule has 1 aromatic rings. The fraction of sp³-hybridized carbons (Fsp3) is 0.533. The van der Waals surface area contributed by atoms with Crippen molar-refractivity contribution in [2.24, 2.45) is 0 Å². The summed E-state index contributed by atoms with van der Waals surface area (Å²) in [6.45, 7) is 5.15. The van der Waals surface area contributed by atoms with Crippen molar-refractivity contribution >= 4 is 5.97 Å². The lowest BCUT2D eigenvalue weighted by atomic mass is 9.77. The van der Waals surface area contributed by atoms with E-state index in [1.165, 1.54) is 11.1 Å². The molecule has 0 radical (unpaired) electrons. The molecule has 2 rings (SSSR count). The second-order valence-corrected chi connectivity index (χ2v) is 4.72. The predicted molar refractivity (Wildman–Crippen MR) is 71.6 cm³/mol. The molecule has 2 atom stereocenters. The minimum atomic E-state index is -0.169. The topological polar surface area (TPSA) is 38.3 Å². The average Bonchev–Trinajstić information content (AvgIpc) is 2.35. The van der Waals surface area contributed by atoms with Gasteiger partial charge in [-0.25, -0.2) is 0 Å². The second kappa shape index (κ2) is 6.01. The summed E-state index contributed by atoms with van der Waals surface area (Å²) in [6, 6.07) is 8.34. The monoisotopic (exact) mass is 247 g/mol. The Labute approximate surface area is 109 Å². The van der Waals surface area contributed by atoms with Crippen LogP contribution in [-0.2, 0) is 16.0 Å². The summed E-state index contributed by atoms with van der Waals surface area (Å²) in [5, 5.41) is 3.32. The molecule has 2 unspecified atom stereocenters. The van der Waals surface area contributed by atoms with E-state index in [0.717, 1.165) is 19.4 Å². The standard InChI is InChI=1S/C15H21NO2/c1-3-14(15(17)18-4-2)16-10-12-9-11-7-5-6-8-13(11)12/h5-8,12,14,16H,3-4,9-10H2,1-2H3. The third kappa shape index (κ3) is 2.72. The first-order valence-electron chi connectivity index (χ1n) is 6.74. The van der Waals surface area contributed by atoms with Crippen LogP contribution in [0, 0.1) is 0 Å². The molecule has 0 aromatic heterocycles. The van der Waals surface area contributed by atoms with Gasteiger partial charge in [0.05, 0.1) is 6.61 Å². The number of nitrogens with one attached hydrogen (secondary N) is 1. The van der Waals surface area contributed by atoms with E-state index in [1.807, 2.05) is 13.8 Å². The number of benzene rings is 1. The van der Waals surface area contributed by atoms with E-state index in [2.05, 4.69) is 29.6 Å². The van der Waals surface area contributed by atoms with E-state index >= 15 is 0 Å². The Morgan fingerprint density at radius 2 is 2.22 bits per heavy atom. The molecule has 3 nitrogen and oxygen atoms in total. The zero-order valence-electron chi connectivity index (χ0n) is 11.1. The van der Waals surface area contributed by atoms with E-state index in [9.17, 15) is 4.79 Å². The van der Waals surface area contributed by atoms with Gasteiger partial charge in [0.15, 0.2) is 0 Å². The second-order valence-electron chi connectivity index (χ2n) is 4.72. The van der Waals surface area contributed by atoms with E-state index in [-0.39, 0.29) is 12.0 Å². The van der Waals surface area contributed by atoms with Crippen LogP contribution in [0.3, 0.4) is 0 Å². The lowest BCUT2D eigenvalue weighted by Gasteiger charge is -2.31. The van der Waals surface area contributed by atoms with Gasteiger partial charge in [0, 0.05) is 12.5 Å². The maximum absolute atomic E-state index is 11.7. The molecule has 0 amide bonds. The van der Waals surface area contributed by atoms with Crippen molar-refractivity contribution in [3.8, 4) is 0 Å². The Balaban J connectivity index is 1.84. The molecule has 0 bridgehead atoms. The summed E-state index contributed by atoms with van der Waals surface area (Å²) < 4.78 is 5.05. The summed E-state index contributed by atoms with van der Waals surface area (Å²) in [4.78, 5) is 11.7. The molecule has 0 saturated carbocycles. The molecule has 0 heterocycles. The van der Waals surface area contributed by atoms with Gasteiger partial charge in [0.2, 0.25) is 0 Å². The number of carbonyl (C=O) groups is 1. The van der Waals surface area contributed by atoms with Crippen LogP contribution < -0.4 is 5.32 Å². The molecule has 1 aromatic carbocycles. The van der Waals surface area contributed by atoms with Crippen molar-refractivity contribution in [2.75, 3.05) is 13.2 Å². The Kier molecular flexibility index (Phi) is 4.37. The maximum Gasteiger partial charge on any atom is 0.323 e. The fourth-order valence-electron chi connectivity index (χ4n) is 2.47. The van der Waals surface area contributed by atoms with Crippen molar-refractivity contribution in [1.82, 2.24) is 5.32 Å². The average molecular weight is 247 g/mol. The first-order valence-corrected chi connectivity index (χ1v) is 6.74. The van der Waals surface area contributed by atoms with Crippen LogP contribution in [-0.4, -0.2) is 25.2 Å². The highest BCUT2D eigenvalue weighted by Gasteiger charge is 2.27. The number of esters is 1. The number of hydrogen-bond donors (Lipinski definition) is 1.